The molecule has 0 aliphatic carbocycles. The zero-order chi connectivity index (χ0) is 10.6. The Bertz CT molecular complexity index is 364. The number of carbonyl (C=O) groups excluding carboxylic acids is 1. The Balaban J connectivity index is 3.13. The smallest absolute Gasteiger partial charge is 0.337 e. The van der Waals surface area contributed by atoms with Crippen LogP contribution in [0.1, 0.15) is 10.4 Å². The van der Waals surface area contributed by atoms with Crippen LogP contribution in [0, 0.1) is 4.91 Å². The minimum atomic E-state index is -0.541. The van der Waals surface area contributed by atoms with E-state index in [0.29, 0.717) is 0 Å². The van der Waals surface area contributed by atoms with Crippen LogP contribution in [-0.2, 0) is 4.74 Å². The van der Waals surface area contributed by atoms with Gasteiger partial charge in [0.15, 0.2) is 11.4 Å². The van der Waals surface area contributed by atoms with Crippen LogP contribution in [0.25, 0.3) is 0 Å². The number of hydrogen-bond acceptors (Lipinski definition) is 6. The average Bonchev–Trinajstić information content (AvgIpc) is 2.26. The molecule has 0 radical (unpaired) electrons. The molecule has 0 aliphatic rings. The van der Waals surface area contributed by atoms with E-state index >= 15 is 0 Å². The summed E-state index contributed by atoms with van der Waals surface area (Å²) in [6, 6.07) is 4.00. The molecule has 6 heteroatoms. The Hall–Kier alpha value is -1.95. The number of rotatable bonds is 3. The van der Waals surface area contributed by atoms with Crippen molar-refractivity contribution in [2.75, 3.05) is 7.11 Å². The van der Waals surface area contributed by atoms with E-state index < -0.39 is 5.97 Å². The summed E-state index contributed by atoms with van der Waals surface area (Å²) >= 11 is 0. The lowest BCUT2D eigenvalue weighted by Crippen LogP contribution is -2.05. The van der Waals surface area contributed by atoms with Crippen molar-refractivity contribution >= 4 is 11.7 Å². The Morgan fingerprint density at radius 2 is 2.21 bits per heavy atom. The number of methoxy groups -OCH3 is 1. The predicted octanol–water partition coefficient (Wildman–Crippen LogP) is 1.12. The van der Waals surface area contributed by atoms with Gasteiger partial charge >= 0.3 is 5.97 Å². The summed E-state index contributed by atoms with van der Waals surface area (Å²) in [5.41, 5.74) is 0.264. The van der Waals surface area contributed by atoms with E-state index in [0.717, 1.165) is 0 Å². The first kappa shape index (κ1) is 10.1. The summed E-state index contributed by atoms with van der Waals surface area (Å²) in [6.07, 6.45) is 0. The number of hydrogen-bond donors (Lipinski definition) is 1. The van der Waals surface area contributed by atoms with E-state index in [1.165, 1.54) is 25.3 Å². The number of nitroso groups, excluding NO2 is 1. The maximum atomic E-state index is 11.1. The molecule has 1 rings (SSSR count). The first-order valence-electron chi connectivity index (χ1n) is 3.65. The third kappa shape index (κ3) is 1.86. The summed E-state index contributed by atoms with van der Waals surface area (Å²) in [4.78, 5) is 25.7. The number of nitrogens with zero attached hydrogens (tertiary/aromatic N) is 1. The first-order valence-corrected chi connectivity index (χ1v) is 3.65. The summed E-state index contributed by atoms with van der Waals surface area (Å²) in [5.74, 6) is 4.38. The molecule has 0 atom stereocenters. The Labute approximate surface area is 79.5 Å². The molecule has 74 valence electrons. The van der Waals surface area contributed by atoms with Crippen LogP contribution in [0.5, 0.6) is 5.75 Å². The fraction of sp³-hybridized carbons (Fsp3) is 0.125. The molecule has 0 aromatic heterocycles. The van der Waals surface area contributed by atoms with Crippen molar-refractivity contribution in [1.29, 1.82) is 0 Å². The zero-order valence-corrected chi connectivity index (χ0v) is 7.39. The van der Waals surface area contributed by atoms with Gasteiger partial charge in [0.1, 0.15) is 0 Å². The molecule has 0 saturated carbocycles. The normalized spacial score (nSPS) is 9.29. The Kier molecular flexibility index (Phi) is 3.14. The number of esters is 1. The standard InChI is InChI=1S/C8H8N2O4/c1-13-8(11)5-2-3-6(10-12)7(4-5)14-9/h2-4H,9H2,1H3. The number of ether oxygens (including phenoxy) is 1. The summed E-state index contributed by atoms with van der Waals surface area (Å²) in [7, 11) is 1.25. The maximum absolute atomic E-state index is 11.1. The minimum Gasteiger partial charge on any atom is -0.465 e. The fourth-order valence-electron chi connectivity index (χ4n) is 0.929. The second-order valence-electron chi connectivity index (χ2n) is 2.38. The molecule has 0 saturated heterocycles. The van der Waals surface area contributed by atoms with Gasteiger partial charge in [-0.1, -0.05) is 0 Å². The topological polar surface area (TPSA) is 91.0 Å². The molecular weight excluding hydrogens is 188 g/mol. The third-order valence-corrected chi connectivity index (χ3v) is 1.61. The lowest BCUT2D eigenvalue weighted by atomic mass is 10.2. The van der Waals surface area contributed by atoms with Crippen molar-refractivity contribution in [3.63, 3.8) is 0 Å². The van der Waals surface area contributed by atoms with Crippen molar-refractivity contribution < 1.29 is 14.4 Å². The lowest BCUT2D eigenvalue weighted by molar-refractivity contribution is 0.0600. The SMILES string of the molecule is COC(=O)c1ccc(N=O)c(ON)c1. The van der Waals surface area contributed by atoms with Gasteiger partial charge < -0.3 is 9.57 Å². The van der Waals surface area contributed by atoms with E-state index in [9.17, 15) is 9.70 Å². The van der Waals surface area contributed by atoms with Crippen molar-refractivity contribution in [2.45, 2.75) is 0 Å². The van der Waals surface area contributed by atoms with Crippen LogP contribution in [-0.4, -0.2) is 13.1 Å². The molecule has 2 N–H and O–H groups in total. The van der Waals surface area contributed by atoms with E-state index in [1.54, 1.807) is 0 Å². The van der Waals surface area contributed by atoms with Crippen LogP contribution in [0.4, 0.5) is 5.69 Å². The number of benzene rings is 1. The highest BCUT2D eigenvalue weighted by molar-refractivity contribution is 5.90. The molecule has 14 heavy (non-hydrogen) atoms. The maximum Gasteiger partial charge on any atom is 0.337 e. The highest BCUT2D eigenvalue weighted by atomic mass is 16.6. The monoisotopic (exact) mass is 196 g/mol. The van der Waals surface area contributed by atoms with Crippen LogP contribution in [0.3, 0.4) is 0 Å². The molecular formula is C8H8N2O4. The van der Waals surface area contributed by atoms with Crippen molar-refractivity contribution in [1.82, 2.24) is 0 Å². The van der Waals surface area contributed by atoms with Crippen LogP contribution >= 0.6 is 0 Å². The van der Waals surface area contributed by atoms with E-state index in [-0.39, 0.29) is 17.0 Å². The largest absolute Gasteiger partial charge is 0.465 e. The highest BCUT2D eigenvalue weighted by Gasteiger charge is 2.10. The van der Waals surface area contributed by atoms with Gasteiger partial charge in [-0.05, 0) is 23.4 Å². The Morgan fingerprint density at radius 3 is 2.71 bits per heavy atom. The second-order valence-corrected chi connectivity index (χ2v) is 2.38. The third-order valence-electron chi connectivity index (χ3n) is 1.61. The molecule has 0 bridgehead atoms. The van der Waals surface area contributed by atoms with Gasteiger partial charge in [0.2, 0.25) is 0 Å². The van der Waals surface area contributed by atoms with Crippen molar-refractivity contribution in [3.05, 3.63) is 28.7 Å². The molecule has 0 spiro atoms. The molecule has 0 heterocycles. The summed E-state index contributed by atoms with van der Waals surface area (Å²) < 4.78 is 4.47. The van der Waals surface area contributed by atoms with Gasteiger partial charge in [0, 0.05) is 0 Å². The molecule has 0 aliphatic heterocycles. The quantitative estimate of drug-likeness (QED) is 0.444. The van der Waals surface area contributed by atoms with Gasteiger partial charge in [-0.2, -0.15) is 5.90 Å². The lowest BCUT2D eigenvalue weighted by Gasteiger charge is -2.03. The molecule has 1 aromatic rings. The summed E-state index contributed by atoms with van der Waals surface area (Å²) in [5, 5.41) is 2.66. The van der Waals surface area contributed by atoms with Gasteiger partial charge in [0.05, 0.1) is 12.7 Å². The Morgan fingerprint density at radius 1 is 1.50 bits per heavy atom. The van der Waals surface area contributed by atoms with Crippen molar-refractivity contribution in [2.24, 2.45) is 11.1 Å². The number of carbonyl (C=O) groups is 1. The van der Waals surface area contributed by atoms with Gasteiger partial charge in [0.25, 0.3) is 0 Å². The molecule has 0 amide bonds. The van der Waals surface area contributed by atoms with Crippen LogP contribution < -0.4 is 10.7 Å². The number of nitrogens with two attached hydrogens (primary N) is 1. The van der Waals surface area contributed by atoms with Crippen LogP contribution in [0.15, 0.2) is 23.4 Å². The predicted molar refractivity (Wildman–Crippen MR) is 48.1 cm³/mol. The van der Waals surface area contributed by atoms with Gasteiger partial charge in [-0.15, -0.1) is 4.91 Å². The van der Waals surface area contributed by atoms with E-state index in [1.807, 2.05) is 0 Å². The van der Waals surface area contributed by atoms with Gasteiger partial charge in [-0.3, -0.25) is 0 Å². The van der Waals surface area contributed by atoms with Crippen LogP contribution in [0.2, 0.25) is 0 Å². The highest BCUT2D eigenvalue weighted by Crippen LogP contribution is 2.27. The average molecular weight is 196 g/mol. The fourth-order valence-corrected chi connectivity index (χ4v) is 0.929. The minimum absolute atomic E-state index is 0.0279. The first-order chi connectivity index (χ1) is 6.72. The molecule has 1 aromatic carbocycles. The second kappa shape index (κ2) is 4.33. The van der Waals surface area contributed by atoms with Crippen molar-refractivity contribution in [3.8, 4) is 5.75 Å². The summed E-state index contributed by atoms with van der Waals surface area (Å²) in [6.45, 7) is 0. The molecule has 0 unspecified atom stereocenters. The van der Waals surface area contributed by atoms with Gasteiger partial charge in [-0.25, -0.2) is 4.79 Å². The molecule has 0 fully saturated rings. The van der Waals surface area contributed by atoms with E-state index in [2.05, 4.69) is 14.8 Å². The zero-order valence-electron chi connectivity index (χ0n) is 7.39. The molecule has 6 nitrogen and oxygen atoms in total. The van der Waals surface area contributed by atoms with E-state index in [4.69, 9.17) is 5.90 Å².